The topological polar surface area (TPSA) is 80.8 Å². The van der Waals surface area contributed by atoms with Gasteiger partial charge in [-0.3, -0.25) is 19.3 Å². The number of halogens is 2. The van der Waals surface area contributed by atoms with E-state index in [1.807, 2.05) is 54.6 Å². The maximum absolute atomic E-state index is 14.5. The Morgan fingerprint density at radius 2 is 1.09 bits per heavy atom. The van der Waals surface area contributed by atoms with E-state index >= 15 is 0 Å². The van der Waals surface area contributed by atoms with E-state index in [9.17, 15) is 19.2 Å². The maximum atomic E-state index is 14.5. The predicted octanol–water partition coefficient (Wildman–Crippen LogP) is 5.62. The average Bonchev–Trinajstić information content (AvgIpc) is 3.32. The molecule has 3 atom stereocenters. The van der Waals surface area contributed by atoms with Crippen LogP contribution in [0.15, 0.2) is 109 Å². The second-order valence-corrected chi connectivity index (χ2v) is 12.3. The highest BCUT2D eigenvalue weighted by molar-refractivity contribution is 6.36. The Kier molecular flexibility index (Phi) is 6.53. The molecule has 0 unspecified atom stereocenters. The van der Waals surface area contributed by atoms with E-state index in [1.165, 1.54) is 0 Å². The molecule has 1 aliphatic heterocycles. The second kappa shape index (κ2) is 10.2. The molecule has 6 nitrogen and oxygen atoms in total. The summed E-state index contributed by atoms with van der Waals surface area (Å²) in [4.78, 5) is 53.7. The molecule has 1 fully saturated rings. The lowest BCUT2D eigenvalue weighted by Gasteiger charge is -2.54. The quantitative estimate of drug-likeness (QED) is 0.118. The number of carbonyl (C=O) groups is 4. The van der Waals surface area contributed by atoms with Crippen molar-refractivity contribution in [3.63, 3.8) is 0 Å². The number of rotatable bonds is 7. The molecule has 0 N–H and O–H groups in total. The number of carbonyl (C=O) groups excluding carboxylic acids is 4. The summed E-state index contributed by atoms with van der Waals surface area (Å²) >= 11 is 15.1. The number of ketones is 1. The van der Waals surface area contributed by atoms with Gasteiger partial charge in [0.05, 0.1) is 11.8 Å². The third kappa shape index (κ3) is 3.93. The summed E-state index contributed by atoms with van der Waals surface area (Å²) in [7, 11) is 0. The van der Waals surface area contributed by atoms with E-state index in [2.05, 4.69) is 0 Å². The Labute approximate surface area is 258 Å². The molecule has 4 aromatic carbocycles. The molecule has 2 amide bonds. The average molecular weight is 610 g/mol. The fourth-order valence-corrected chi connectivity index (χ4v) is 8.15. The van der Waals surface area contributed by atoms with Crippen LogP contribution in [-0.2, 0) is 35.3 Å². The van der Waals surface area contributed by atoms with Crippen molar-refractivity contribution < 1.29 is 23.9 Å². The maximum Gasteiger partial charge on any atom is 0.330 e. The van der Waals surface area contributed by atoms with Crippen LogP contribution in [-0.4, -0.2) is 41.1 Å². The lowest BCUT2D eigenvalue weighted by molar-refractivity contribution is -0.158. The van der Waals surface area contributed by atoms with E-state index in [-0.39, 0.29) is 6.42 Å². The zero-order valence-electron chi connectivity index (χ0n) is 22.8. The summed E-state index contributed by atoms with van der Waals surface area (Å²) < 4.78 is 5.50. The van der Waals surface area contributed by atoms with Crippen LogP contribution in [0.3, 0.4) is 0 Å². The lowest BCUT2D eigenvalue weighted by Crippen LogP contribution is -2.57. The van der Waals surface area contributed by atoms with Crippen LogP contribution < -0.4 is 0 Å². The van der Waals surface area contributed by atoms with E-state index in [0.717, 1.165) is 4.90 Å². The third-order valence-electron chi connectivity index (χ3n) is 8.92. The predicted molar refractivity (Wildman–Crippen MR) is 161 cm³/mol. The molecule has 4 aromatic rings. The highest BCUT2D eigenvalue weighted by atomic mass is 35.5. The SMILES string of the molecule is O=C(COC(=O)[C@@H](Cc1ccccc1)N1C(=O)[C@@H]2[C@H](C1=O)C1(Cl)c3ccccc3C2(Cl)c2ccccc21)c1ccccc1. The molecule has 8 heteroatoms. The van der Waals surface area contributed by atoms with Gasteiger partial charge in [-0.25, -0.2) is 4.79 Å². The number of hydrogen-bond donors (Lipinski definition) is 0. The number of ether oxygens (including phenoxy) is 1. The third-order valence-corrected chi connectivity index (χ3v) is 10.2. The normalized spacial score (nSPS) is 25.5. The molecule has 214 valence electrons. The van der Waals surface area contributed by atoms with Crippen molar-refractivity contribution in [2.24, 2.45) is 11.8 Å². The van der Waals surface area contributed by atoms with Crippen molar-refractivity contribution in [1.29, 1.82) is 0 Å². The molecule has 1 saturated heterocycles. The number of likely N-dealkylation sites (tertiary alicyclic amines) is 1. The van der Waals surface area contributed by atoms with Gasteiger partial charge in [0, 0.05) is 12.0 Å². The van der Waals surface area contributed by atoms with Gasteiger partial charge in [0.15, 0.2) is 12.4 Å². The summed E-state index contributed by atoms with van der Waals surface area (Å²) in [5, 5.41) is 0. The molecule has 2 bridgehead atoms. The number of hydrogen-bond acceptors (Lipinski definition) is 5. The van der Waals surface area contributed by atoms with Gasteiger partial charge in [0.1, 0.15) is 15.8 Å². The van der Waals surface area contributed by atoms with Crippen molar-refractivity contribution in [3.05, 3.63) is 143 Å². The summed E-state index contributed by atoms with van der Waals surface area (Å²) in [6.45, 7) is -0.535. The minimum atomic E-state index is -1.37. The van der Waals surface area contributed by atoms with Gasteiger partial charge < -0.3 is 4.74 Å². The van der Waals surface area contributed by atoms with Crippen LogP contribution in [0.4, 0.5) is 0 Å². The molecule has 0 spiro atoms. The molecule has 1 heterocycles. The Morgan fingerprint density at radius 1 is 0.674 bits per heavy atom. The lowest BCUT2D eigenvalue weighted by atomic mass is 9.54. The fourth-order valence-electron chi connectivity index (χ4n) is 7.05. The van der Waals surface area contributed by atoms with Gasteiger partial charge in [-0.05, 0) is 27.8 Å². The Morgan fingerprint density at radius 3 is 1.56 bits per heavy atom. The molecule has 3 aliphatic carbocycles. The number of nitrogens with zero attached hydrogens (tertiary/aromatic N) is 1. The molecular formula is C35H25Cl2NO5. The number of esters is 1. The Balaban J connectivity index is 1.30. The minimum absolute atomic E-state index is 0.000584. The highest BCUT2D eigenvalue weighted by Crippen LogP contribution is 2.69. The zero-order valence-corrected chi connectivity index (χ0v) is 24.3. The minimum Gasteiger partial charge on any atom is -0.456 e. The van der Waals surface area contributed by atoms with Crippen LogP contribution in [0.25, 0.3) is 0 Å². The van der Waals surface area contributed by atoms with Crippen molar-refractivity contribution in [3.8, 4) is 0 Å². The number of amides is 2. The van der Waals surface area contributed by atoms with Crippen LogP contribution in [0.2, 0.25) is 0 Å². The first-order valence-electron chi connectivity index (χ1n) is 14.0. The molecule has 43 heavy (non-hydrogen) atoms. The van der Waals surface area contributed by atoms with Gasteiger partial charge in [0.2, 0.25) is 11.8 Å². The standard InChI is InChI=1S/C35H25Cl2NO5/c36-34-23-15-7-8-16-24(23)35(37,26-18-10-9-17-25(26)34)30-29(34)31(40)38(32(30)41)27(19-21-11-3-1-4-12-21)33(42)43-20-28(39)22-13-5-2-6-14-22/h1-18,27,29-30H,19-20H2/t27-,29-,30+,34?,35?/m1/s1. The molecular weight excluding hydrogens is 585 g/mol. The summed E-state index contributed by atoms with van der Waals surface area (Å²) in [5.41, 5.74) is 3.78. The Hall–Kier alpha value is -4.26. The van der Waals surface area contributed by atoms with Crippen LogP contribution in [0.1, 0.15) is 38.2 Å². The number of Topliss-reactive ketones (excluding diaryl/α,β-unsaturated/α-hetero) is 1. The molecule has 0 aromatic heterocycles. The smallest absolute Gasteiger partial charge is 0.330 e. The van der Waals surface area contributed by atoms with Crippen molar-refractivity contribution in [2.75, 3.05) is 6.61 Å². The number of alkyl halides is 2. The summed E-state index contributed by atoms with van der Waals surface area (Å²) in [6.07, 6.45) is 0.000584. The fraction of sp³-hybridized carbons (Fsp3) is 0.200. The van der Waals surface area contributed by atoms with Crippen LogP contribution in [0.5, 0.6) is 0 Å². The van der Waals surface area contributed by atoms with Gasteiger partial charge in [-0.2, -0.15) is 0 Å². The Bertz CT molecular complexity index is 1670. The first-order valence-corrected chi connectivity index (χ1v) is 14.8. The van der Waals surface area contributed by atoms with E-state index < -0.39 is 57.8 Å². The van der Waals surface area contributed by atoms with E-state index in [1.54, 1.807) is 54.6 Å². The van der Waals surface area contributed by atoms with Gasteiger partial charge in [0.25, 0.3) is 0 Å². The molecule has 4 aliphatic rings. The zero-order chi connectivity index (χ0) is 29.9. The molecule has 8 rings (SSSR count). The second-order valence-electron chi connectivity index (χ2n) is 11.1. The van der Waals surface area contributed by atoms with E-state index in [4.69, 9.17) is 27.9 Å². The highest BCUT2D eigenvalue weighted by Gasteiger charge is 2.73. The summed E-state index contributed by atoms with van der Waals surface area (Å²) in [6, 6.07) is 30.9. The molecule has 0 saturated carbocycles. The van der Waals surface area contributed by atoms with Gasteiger partial charge in [-0.1, -0.05) is 109 Å². The summed E-state index contributed by atoms with van der Waals surface area (Å²) in [5.74, 6) is -4.55. The van der Waals surface area contributed by atoms with Crippen molar-refractivity contribution in [2.45, 2.75) is 22.2 Å². The first-order chi connectivity index (χ1) is 20.8. The van der Waals surface area contributed by atoms with Gasteiger partial charge >= 0.3 is 5.97 Å². The van der Waals surface area contributed by atoms with Crippen LogP contribution >= 0.6 is 23.2 Å². The first kappa shape index (κ1) is 27.6. The van der Waals surface area contributed by atoms with Crippen molar-refractivity contribution >= 4 is 46.8 Å². The number of imide groups is 1. The molecule has 0 radical (unpaired) electrons. The monoisotopic (exact) mass is 609 g/mol. The van der Waals surface area contributed by atoms with Gasteiger partial charge in [-0.15, -0.1) is 23.2 Å². The van der Waals surface area contributed by atoms with Crippen LogP contribution in [0, 0.1) is 11.8 Å². The van der Waals surface area contributed by atoms with Crippen molar-refractivity contribution in [1.82, 2.24) is 4.90 Å². The largest absolute Gasteiger partial charge is 0.456 e. The van der Waals surface area contributed by atoms with E-state index in [0.29, 0.717) is 33.4 Å². The number of benzene rings is 4.